The molecular formula is C14H19N3O. The highest BCUT2D eigenvalue weighted by Crippen LogP contribution is 2.09. The number of nitrogens with one attached hydrogen (secondary N) is 2. The maximum absolute atomic E-state index is 11.7. The van der Waals surface area contributed by atoms with Gasteiger partial charge in [0.1, 0.15) is 0 Å². The number of rotatable bonds is 6. The van der Waals surface area contributed by atoms with Crippen LogP contribution in [0.5, 0.6) is 0 Å². The van der Waals surface area contributed by atoms with Crippen LogP contribution >= 0.6 is 0 Å². The Hall–Kier alpha value is -2.02. The molecule has 1 aromatic carbocycles. The Morgan fingerprint density at radius 1 is 1.39 bits per heavy atom. The van der Waals surface area contributed by atoms with Gasteiger partial charge < -0.3 is 10.6 Å². The summed E-state index contributed by atoms with van der Waals surface area (Å²) < 4.78 is 0. The molecule has 2 N–H and O–H groups in total. The molecule has 0 bridgehead atoms. The van der Waals surface area contributed by atoms with E-state index in [1.54, 1.807) is 18.2 Å². The van der Waals surface area contributed by atoms with Gasteiger partial charge in [0.2, 0.25) is 5.91 Å². The molecule has 0 spiro atoms. The van der Waals surface area contributed by atoms with Crippen LogP contribution in [-0.2, 0) is 4.79 Å². The first kappa shape index (κ1) is 14.0. The number of hydrogen-bond acceptors (Lipinski definition) is 3. The molecule has 0 radical (unpaired) electrons. The first-order valence-corrected chi connectivity index (χ1v) is 6.23. The summed E-state index contributed by atoms with van der Waals surface area (Å²) >= 11 is 0. The normalized spacial score (nSPS) is 9.89. The minimum atomic E-state index is -0.0222. The van der Waals surface area contributed by atoms with Crippen LogP contribution in [0.2, 0.25) is 0 Å². The van der Waals surface area contributed by atoms with Crippen LogP contribution in [0.4, 0.5) is 5.69 Å². The van der Waals surface area contributed by atoms with Crippen molar-refractivity contribution in [3.8, 4) is 6.07 Å². The summed E-state index contributed by atoms with van der Waals surface area (Å²) in [4.78, 5) is 11.7. The van der Waals surface area contributed by atoms with E-state index in [9.17, 15) is 4.79 Å². The van der Waals surface area contributed by atoms with E-state index in [0.29, 0.717) is 5.56 Å². The molecule has 0 unspecified atom stereocenters. The zero-order valence-electron chi connectivity index (χ0n) is 10.9. The summed E-state index contributed by atoms with van der Waals surface area (Å²) in [6, 6.07) is 9.39. The predicted molar refractivity (Wildman–Crippen MR) is 72.2 cm³/mol. The lowest BCUT2D eigenvalue weighted by molar-refractivity contribution is -0.120. The smallest absolute Gasteiger partial charge is 0.239 e. The van der Waals surface area contributed by atoms with E-state index in [0.717, 1.165) is 18.5 Å². The van der Waals surface area contributed by atoms with Crippen molar-refractivity contribution in [1.29, 1.82) is 5.26 Å². The maximum atomic E-state index is 11.7. The number of nitriles is 1. The Bertz CT molecular complexity index is 433. The zero-order valence-corrected chi connectivity index (χ0v) is 10.9. The lowest BCUT2D eigenvalue weighted by Gasteiger charge is -2.15. The van der Waals surface area contributed by atoms with E-state index in [1.807, 2.05) is 6.07 Å². The van der Waals surface area contributed by atoms with Crippen molar-refractivity contribution in [1.82, 2.24) is 5.32 Å². The van der Waals surface area contributed by atoms with Gasteiger partial charge in [0, 0.05) is 11.7 Å². The van der Waals surface area contributed by atoms with Gasteiger partial charge in [-0.1, -0.05) is 19.9 Å². The first-order chi connectivity index (χ1) is 8.69. The molecule has 4 nitrogen and oxygen atoms in total. The summed E-state index contributed by atoms with van der Waals surface area (Å²) in [7, 11) is 0. The molecule has 0 aliphatic rings. The Kier molecular flexibility index (Phi) is 5.72. The number of carbonyl (C=O) groups is 1. The summed E-state index contributed by atoms with van der Waals surface area (Å²) in [5.41, 5.74) is 1.37. The van der Waals surface area contributed by atoms with Crippen molar-refractivity contribution in [2.24, 2.45) is 0 Å². The van der Waals surface area contributed by atoms with Gasteiger partial charge in [-0.25, -0.2) is 0 Å². The molecule has 0 aliphatic heterocycles. The second kappa shape index (κ2) is 7.33. The number of hydrogen-bond donors (Lipinski definition) is 2. The van der Waals surface area contributed by atoms with Gasteiger partial charge >= 0.3 is 0 Å². The number of amides is 1. The zero-order chi connectivity index (χ0) is 13.4. The van der Waals surface area contributed by atoms with E-state index in [4.69, 9.17) is 5.26 Å². The fraction of sp³-hybridized carbons (Fsp3) is 0.429. The Balaban J connectivity index is 2.45. The summed E-state index contributed by atoms with van der Waals surface area (Å²) in [6.45, 7) is 4.34. The molecule has 0 saturated carbocycles. The molecule has 0 atom stereocenters. The fourth-order valence-electron chi connectivity index (χ4n) is 1.65. The van der Waals surface area contributed by atoms with Crippen molar-refractivity contribution in [3.05, 3.63) is 29.8 Å². The van der Waals surface area contributed by atoms with Crippen molar-refractivity contribution < 1.29 is 4.79 Å². The Morgan fingerprint density at radius 2 is 2.11 bits per heavy atom. The quantitative estimate of drug-likeness (QED) is 0.808. The van der Waals surface area contributed by atoms with Crippen LogP contribution in [0, 0.1) is 11.3 Å². The van der Waals surface area contributed by atoms with E-state index in [-0.39, 0.29) is 18.5 Å². The van der Waals surface area contributed by atoms with Crippen LogP contribution in [-0.4, -0.2) is 18.5 Å². The summed E-state index contributed by atoms with van der Waals surface area (Å²) in [5, 5.41) is 14.7. The van der Waals surface area contributed by atoms with Crippen molar-refractivity contribution in [2.75, 3.05) is 11.9 Å². The molecule has 0 saturated heterocycles. The van der Waals surface area contributed by atoms with Gasteiger partial charge in [-0.15, -0.1) is 0 Å². The largest absolute Gasteiger partial charge is 0.376 e. The highest BCUT2D eigenvalue weighted by Gasteiger charge is 2.07. The first-order valence-electron chi connectivity index (χ1n) is 6.23. The molecule has 1 aromatic rings. The monoisotopic (exact) mass is 245 g/mol. The third kappa shape index (κ3) is 4.46. The number of nitrogens with zero attached hydrogens (tertiary/aromatic N) is 1. The van der Waals surface area contributed by atoms with Gasteiger partial charge in [-0.3, -0.25) is 4.79 Å². The minimum absolute atomic E-state index is 0.0222. The molecule has 1 rings (SSSR count). The lowest BCUT2D eigenvalue weighted by atomic mass is 10.2. The molecule has 96 valence electrons. The van der Waals surface area contributed by atoms with Crippen LogP contribution in [0.15, 0.2) is 24.3 Å². The van der Waals surface area contributed by atoms with Crippen molar-refractivity contribution in [2.45, 2.75) is 32.7 Å². The molecule has 18 heavy (non-hydrogen) atoms. The topological polar surface area (TPSA) is 64.9 Å². The number of anilines is 1. The maximum Gasteiger partial charge on any atom is 0.239 e. The molecular weight excluding hydrogens is 226 g/mol. The average molecular weight is 245 g/mol. The van der Waals surface area contributed by atoms with Crippen LogP contribution in [0.25, 0.3) is 0 Å². The van der Waals surface area contributed by atoms with E-state index in [2.05, 4.69) is 30.6 Å². The molecule has 0 heterocycles. The van der Waals surface area contributed by atoms with Gasteiger partial charge in [0.25, 0.3) is 0 Å². The van der Waals surface area contributed by atoms with E-state index >= 15 is 0 Å². The summed E-state index contributed by atoms with van der Waals surface area (Å²) in [5.74, 6) is -0.0222. The molecule has 4 heteroatoms. The fourth-order valence-corrected chi connectivity index (χ4v) is 1.65. The van der Waals surface area contributed by atoms with E-state index in [1.165, 1.54) is 0 Å². The van der Waals surface area contributed by atoms with Crippen LogP contribution in [0.3, 0.4) is 0 Å². The SMILES string of the molecule is CCC(CC)NC(=O)CNc1cccc(C#N)c1. The standard InChI is InChI=1S/C14H19N3O/c1-3-12(4-2)17-14(18)10-16-13-7-5-6-11(8-13)9-15/h5-8,12,16H,3-4,10H2,1-2H3,(H,17,18). The lowest BCUT2D eigenvalue weighted by Crippen LogP contribution is -2.37. The van der Waals surface area contributed by atoms with Crippen LogP contribution < -0.4 is 10.6 Å². The highest BCUT2D eigenvalue weighted by atomic mass is 16.1. The molecule has 0 fully saturated rings. The average Bonchev–Trinajstić information content (AvgIpc) is 2.42. The van der Waals surface area contributed by atoms with Gasteiger partial charge in [-0.05, 0) is 31.0 Å². The van der Waals surface area contributed by atoms with Crippen LogP contribution in [0.1, 0.15) is 32.3 Å². The van der Waals surface area contributed by atoms with Crippen molar-refractivity contribution in [3.63, 3.8) is 0 Å². The van der Waals surface area contributed by atoms with Gasteiger partial charge in [0.05, 0.1) is 18.2 Å². The second-order valence-electron chi connectivity index (χ2n) is 4.13. The van der Waals surface area contributed by atoms with Gasteiger partial charge in [-0.2, -0.15) is 5.26 Å². The second-order valence-corrected chi connectivity index (χ2v) is 4.13. The van der Waals surface area contributed by atoms with E-state index < -0.39 is 0 Å². The minimum Gasteiger partial charge on any atom is -0.376 e. The number of carbonyl (C=O) groups excluding carboxylic acids is 1. The number of benzene rings is 1. The molecule has 0 aliphatic carbocycles. The third-order valence-electron chi connectivity index (χ3n) is 2.80. The molecule has 1 amide bonds. The van der Waals surface area contributed by atoms with Gasteiger partial charge in [0.15, 0.2) is 0 Å². The predicted octanol–water partition coefficient (Wildman–Crippen LogP) is 2.27. The highest BCUT2D eigenvalue weighted by molar-refractivity contribution is 5.81. The summed E-state index contributed by atoms with van der Waals surface area (Å²) in [6.07, 6.45) is 1.87. The third-order valence-corrected chi connectivity index (χ3v) is 2.80. The molecule has 0 aromatic heterocycles. The van der Waals surface area contributed by atoms with Crippen molar-refractivity contribution >= 4 is 11.6 Å². The Morgan fingerprint density at radius 3 is 2.72 bits per heavy atom. The Labute approximate surface area is 108 Å².